The van der Waals surface area contributed by atoms with Crippen molar-refractivity contribution in [3.05, 3.63) is 231 Å². The highest BCUT2D eigenvalue weighted by atomic mass is 15.0. The molecule has 4 aliphatic rings. The lowest BCUT2D eigenvalue weighted by molar-refractivity contribution is 1.15. The van der Waals surface area contributed by atoms with Crippen molar-refractivity contribution in [1.82, 2.24) is 9.13 Å². The fourth-order valence-corrected chi connectivity index (χ4v) is 13.9. The molecule has 0 bridgehead atoms. The molecular weight excluding hydrogens is 842 g/mol. The second-order valence-electron chi connectivity index (χ2n) is 19.8. The van der Waals surface area contributed by atoms with Gasteiger partial charge in [-0.15, -0.1) is 0 Å². The number of aromatic nitrogens is 2. The van der Waals surface area contributed by atoms with E-state index in [0.717, 1.165) is 0 Å². The third-order valence-electron chi connectivity index (χ3n) is 16.5. The number of rotatable bonds is 4. The Bertz CT molecular complexity index is 4170. The van der Waals surface area contributed by atoms with Gasteiger partial charge in [0.15, 0.2) is 0 Å². The van der Waals surface area contributed by atoms with Crippen LogP contribution in [0.25, 0.3) is 122 Å². The van der Waals surface area contributed by atoms with Crippen LogP contribution in [0.3, 0.4) is 0 Å². The van der Waals surface area contributed by atoms with E-state index in [1.807, 2.05) is 0 Å². The van der Waals surface area contributed by atoms with Crippen molar-refractivity contribution in [2.75, 3.05) is 0 Å². The van der Waals surface area contributed by atoms with E-state index in [0.29, 0.717) is 0 Å². The third-order valence-corrected chi connectivity index (χ3v) is 16.5. The first-order valence-electron chi connectivity index (χ1n) is 24.7. The summed E-state index contributed by atoms with van der Waals surface area (Å²) in [6, 6.07) is 87.1. The van der Waals surface area contributed by atoms with E-state index in [1.165, 1.54) is 155 Å². The van der Waals surface area contributed by atoms with Crippen LogP contribution in [0.5, 0.6) is 0 Å². The van der Waals surface area contributed by atoms with Crippen molar-refractivity contribution < 1.29 is 0 Å². The molecule has 0 saturated heterocycles. The second kappa shape index (κ2) is 13.4. The van der Waals surface area contributed by atoms with Gasteiger partial charge in [0.25, 0.3) is 0 Å². The number of hydrogen-bond donors (Lipinski definition) is 0. The van der Waals surface area contributed by atoms with Gasteiger partial charge in [-0.1, -0.05) is 211 Å². The van der Waals surface area contributed by atoms with E-state index in [9.17, 15) is 0 Å². The fourth-order valence-electron chi connectivity index (χ4n) is 13.9. The van der Waals surface area contributed by atoms with Crippen molar-refractivity contribution in [1.29, 1.82) is 0 Å². The van der Waals surface area contributed by atoms with E-state index in [-0.39, 0.29) is 13.4 Å². The van der Waals surface area contributed by atoms with E-state index < -0.39 is 0 Å². The molecule has 13 aromatic rings. The van der Waals surface area contributed by atoms with Crippen molar-refractivity contribution in [3.63, 3.8) is 0 Å². The second-order valence-corrected chi connectivity index (χ2v) is 19.8. The van der Waals surface area contributed by atoms with Crippen LogP contribution in [0.2, 0.25) is 0 Å². The first kappa shape index (κ1) is 37.2. The van der Waals surface area contributed by atoms with Gasteiger partial charge in [0.05, 0.1) is 22.1 Å². The Hall–Kier alpha value is -8.85. The molecule has 0 saturated carbocycles. The smallest absolute Gasteiger partial charge is 0.248 e. The summed E-state index contributed by atoms with van der Waals surface area (Å²) >= 11 is 0. The lowest BCUT2D eigenvalue weighted by Crippen LogP contribution is -2.58. The van der Waals surface area contributed by atoms with Gasteiger partial charge < -0.3 is 9.13 Å². The Morgan fingerprint density at radius 2 is 0.629 bits per heavy atom. The molecule has 0 atom stereocenters. The summed E-state index contributed by atoms with van der Waals surface area (Å²) < 4.78 is 5.34. The Morgan fingerprint density at radius 3 is 1.04 bits per heavy atom. The first-order chi connectivity index (χ1) is 34.8. The molecular formula is C66H38B2N2. The van der Waals surface area contributed by atoms with Gasteiger partial charge in [0.1, 0.15) is 0 Å². The summed E-state index contributed by atoms with van der Waals surface area (Å²) in [4.78, 5) is 0. The van der Waals surface area contributed by atoms with Crippen LogP contribution in [0, 0.1) is 0 Å². The van der Waals surface area contributed by atoms with Gasteiger partial charge in [0, 0.05) is 32.9 Å². The summed E-state index contributed by atoms with van der Waals surface area (Å²) in [6.45, 7) is 0.0999. The Labute approximate surface area is 405 Å². The highest BCUT2D eigenvalue weighted by Crippen LogP contribution is 2.49. The summed E-state index contributed by atoms with van der Waals surface area (Å²) in [5.41, 5.74) is 31.5. The first-order valence-corrected chi connectivity index (χ1v) is 24.7. The fraction of sp³-hybridized carbons (Fsp3) is 0. The Morgan fingerprint density at radius 1 is 0.271 bits per heavy atom. The number of hydrogen-bond acceptors (Lipinski definition) is 0. The van der Waals surface area contributed by atoms with E-state index in [1.54, 1.807) is 0 Å². The molecule has 4 aliphatic heterocycles. The van der Waals surface area contributed by atoms with Crippen molar-refractivity contribution in [3.8, 4) is 78.1 Å². The Balaban J connectivity index is 1.07. The highest BCUT2D eigenvalue weighted by Gasteiger charge is 2.47. The van der Waals surface area contributed by atoms with Crippen LogP contribution in [-0.4, -0.2) is 22.6 Å². The zero-order valence-corrected chi connectivity index (χ0v) is 38.0. The van der Waals surface area contributed by atoms with Gasteiger partial charge in [-0.25, -0.2) is 0 Å². The average molecular weight is 881 g/mol. The van der Waals surface area contributed by atoms with Crippen LogP contribution < -0.4 is 32.8 Å². The van der Waals surface area contributed by atoms with Gasteiger partial charge in [-0.3, -0.25) is 0 Å². The molecule has 0 N–H and O–H groups in total. The minimum atomic E-state index is 0.0499. The molecule has 0 unspecified atom stereocenters. The summed E-state index contributed by atoms with van der Waals surface area (Å²) in [5, 5.41) is 5.22. The highest BCUT2D eigenvalue weighted by molar-refractivity contribution is 7.04. The molecule has 0 fully saturated rings. The quantitative estimate of drug-likeness (QED) is 0.156. The van der Waals surface area contributed by atoms with E-state index in [2.05, 4.69) is 240 Å². The Kier molecular flexibility index (Phi) is 7.13. The zero-order chi connectivity index (χ0) is 45.3. The van der Waals surface area contributed by atoms with Crippen LogP contribution >= 0.6 is 0 Å². The molecule has 2 nitrogen and oxygen atoms in total. The normalized spacial score (nSPS) is 13.1. The van der Waals surface area contributed by atoms with Gasteiger partial charge in [-0.05, 0) is 119 Å². The van der Waals surface area contributed by atoms with Crippen LogP contribution in [0.4, 0.5) is 0 Å². The summed E-state index contributed by atoms with van der Waals surface area (Å²) in [6.07, 6.45) is 0. The largest absolute Gasteiger partial charge is 0.310 e. The van der Waals surface area contributed by atoms with Crippen LogP contribution in [0.15, 0.2) is 231 Å². The van der Waals surface area contributed by atoms with Crippen LogP contribution in [0.1, 0.15) is 0 Å². The minimum Gasteiger partial charge on any atom is -0.310 e. The molecule has 318 valence electrons. The lowest BCUT2D eigenvalue weighted by Gasteiger charge is -2.31. The maximum Gasteiger partial charge on any atom is 0.248 e. The molecule has 0 aliphatic carbocycles. The van der Waals surface area contributed by atoms with Gasteiger partial charge in [-0.2, -0.15) is 0 Å². The molecule has 17 rings (SSSR count). The molecule has 6 heterocycles. The molecule has 2 aromatic heterocycles. The average Bonchev–Trinajstić information content (AvgIpc) is 4.18. The van der Waals surface area contributed by atoms with Crippen molar-refractivity contribution >= 4 is 89.8 Å². The van der Waals surface area contributed by atoms with Crippen molar-refractivity contribution in [2.24, 2.45) is 0 Å². The molecule has 70 heavy (non-hydrogen) atoms. The molecule has 0 spiro atoms. The summed E-state index contributed by atoms with van der Waals surface area (Å²) in [5.74, 6) is 0. The predicted octanol–water partition coefficient (Wildman–Crippen LogP) is 12.2. The monoisotopic (exact) mass is 880 g/mol. The van der Waals surface area contributed by atoms with E-state index in [4.69, 9.17) is 0 Å². The SMILES string of the molecule is c1ccc(-c2cc3c4c(-c5ccccc5)cccc4n4c3c3c2-c2ccccc2B3c2cc3c(cc2-4)-n2c4cccc(-c5ccccc5)c4c4cc(-c5ccccc5)c5c(c42)B3c2ccccc2-5)cc1. The molecule has 0 radical (unpaired) electrons. The maximum absolute atomic E-state index is 2.67. The minimum absolute atomic E-state index is 0.0499. The maximum atomic E-state index is 2.67. The number of benzene rings is 11. The van der Waals surface area contributed by atoms with E-state index >= 15 is 0 Å². The molecule has 0 amide bonds. The van der Waals surface area contributed by atoms with Crippen molar-refractivity contribution in [2.45, 2.75) is 0 Å². The summed E-state index contributed by atoms with van der Waals surface area (Å²) in [7, 11) is 0. The number of fused-ring (bicyclic) bond motifs is 18. The predicted molar refractivity (Wildman–Crippen MR) is 297 cm³/mol. The van der Waals surface area contributed by atoms with Crippen LogP contribution in [-0.2, 0) is 0 Å². The lowest BCUT2D eigenvalue weighted by atomic mass is 9.34. The standard InChI is InChI=1S/C66H38B2N2/c1-5-19-39(20-6-1)43-29-17-33-55-59(43)49-35-47(41-23-9-3-10-24-41)61-45-27-13-15-31-51(45)67-53-37-54-58(38-57(53)69(55)65(49)63(61)67)70-56-34-18-30-44(40-21-7-2-8-22-40)60(56)50-36-48(42-25-11-4-12-26-42)62-46-28-14-16-32-52(46)68(54)64(62)66(50)70/h1-38H. The number of nitrogens with zero attached hydrogens (tertiary/aromatic N) is 2. The topological polar surface area (TPSA) is 9.86 Å². The molecule has 4 heteroatoms. The van der Waals surface area contributed by atoms with Gasteiger partial charge >= 0.3 is 0 Å². The van der Waals surface area contributed by atoms with Gasteiger partial charge in [0.2, 0.25) is 13.4 Å². The molecule has 11 aromatic carbocycles. The zero-order valence-electron chi connectivity index (χ0n) is 38.0. The third kappa shape index (κ3) is 4.57.